The fourth-order valence-corrected chi connectivity index (χ4v) is 3.72. The summed E-state index contributed by atoms with van der Waals surface area (Å²) in [6, 6.07) is 11.9. The van der Waals surface area contributed by atoms with Crippen molar-refractivity contribution in [3.8, 4) is 11.5 Å². The van der Waals surface area contributed by atoms with Crippen molar-refractivity contribution in [3.63, 3.8) is 0 Å². The summed E-state index contributed by atoms with van der Waals surface area (Å²) in [6.07, 6.45) is 2.81. The van der Waals surface area contributed by atoms with Crippen molar-refractivity contribution >= 4 is 23.1 Å². The highest BCUT2D eigenvalue weighted by Crippen LogP contribution is 2.24. The number of halogens is 1. The molecule has 1 N–H and O–H groups in total. The molecule has 29 heavy (non-hydrogen) atoms. The molecule has 1 aromatic carbocycles. The summed E-state index contributed by atoms with van der Waals surface area (Å²) >= 11 is 6.12. The second-order valence-corrected chi connectivity index (χ2v) is 7.57. The molecule has 3 heterocycles. The van der Waals surface area contributed by atoms with E-state index in [0.29, 0.717) is 11.7 Å². The minimum Gasteiger partial charge on any atom is -0.369 e. The third-order valence-corrected chi connectivity index (χ3v) is 5.29. The van der Waals surface area contributed by atoms with Crippen LogP contribution in [0.15, 0.2) is 47.1 Å². The molecule has 4 rings (SSSR count). The summed E-state index contributed by atoms with van der Waals surface area (Å²) in [7, 11) is 0. The highest BCUT2D eigenvalue weighted by molar-refractivity contribution is 6.30. The number of hydrogen-bond acceptors (Lipinski definition) is 7. The van der Waals surface area contributed by atoms with Gasteiger partial charge in [0, 0.05) is 49.6 Å². The highest BCUT2D eigenvalue weighted by Gasteiger charge is 2.17. The van der Waals surface area contributed by atoms with Crippen molar-refractivity contribution in [1.29, 1.82) is 0 Å². The van der Waals surface area contributed by atoms with E-state index in [2.05, 4.69) is 36.3 Å². The molecule has 1 aliphatic rings. The molecule has 0 aliphatic carbocycles. The molecule has 2 aromatic heterocycles. The third kappa shape index (κ3) is 5.05. The van der Waals surface area contributed by atoms with E-state index in [1.54, 1.807) is 6.20 Å². The molecule has 1 saturated heterocycles. The molecule has 152 valence electrons. The molecule has 1 aliphatic heterocycles. The molecule has 7 nitrogen and oxygen atoms in total. The van der Waals surface area contributed by atoms with E-state index < -0.39 is 0 Å². The molecule has 0 atom stereocenters. The van der Waals surface area contributed by atoms with Crippen LogP contribution in [0.2, 0.25) is 5.02 Å². The van der Waals surface area contributed by atoms with Gasteiger partial charge in [-0.2, -0.15) is 4.98 Å². The first-order valence-electron chi connectivity index (χ1n) is 9.91. The van der Waals surface area contributed by atoms with Crippen LogP contribution >= 0.6 is 11.6 Å². The van der Waals surface area contributed by atoms with Crippen LogP contribution in [0.25, 0.3) is 11.5 Å². The maximum absolute atomic E-state index is 6.12. The molecule has 8 heteroatoms. The Hall–Kier alpha value is -2.64. The minimum atomic E-state index is 0.496. The summed E-state index contributed by atoms with van der Waals surface area (Å²) < 4.78 is 5.28. The zero-order chi connectivity index (χ0) is 20.1. The molecular weight excluding hydrogens is 388 g/mol. The maximum Gasteiger partial charge on any atom is 0.261 e. The lowest BCUT2D eigenvalue weighted by atomic mass is 10.2. The van der Waals surface area contributed by atoms with Crippen LogP contribution in [0.1, 0.15) is 12.2 Å². The van der Waals surface area contributed by atoms with Crippen LogP contribution < -0.4 is 10.2 Å². The van der Waals surface area contributed by atoms with Gasteiger partial charge < -0.3 is 14.7 Å². The van der Waals surface area contributed by atoms with Crippen molar-refractivity contribution in [2.45, 2.75) is 13.3 Å². The van der Waals surface area contributed by atoms with Crippen LogP contribution in [-0.2, 0) is 0 Å². The predicted molar refractivity (Wildman–Crippen MR) is 115 cm³/mol. The van der Waals surface area contributed by atoms with Gasteiger partial charge >= 0.3 is 0 Å². The minimum absolute atomic E-state index is 0.496. The molecule has 0 unspecified atom stereocenters. The van der Waals surface area contributed by atoms with Gasteiger partial charge in [0.15, 0.2) is 5.82 Å². The quantitative estimate of drug-likeness (QED) is 0.593. The van der Waals surface area contributed by atoms with Crippen molar-refractivity contribution in [2.24, 2.45) is 0 Å². The maximum atomic E-state index is 6.12. The average molecular weight is 413 g/mol. The van der Waals surface area contributed by atoms with Crippen LogP contribution in [0.4, 0.5) is 11.5 Å². The van der Waals surface area contributed by atoms with Gasteiger partial charge in [0.2, 0.25) is 0 Å². The molecule has 0 amide bonds. The van der Waals surface area contributed by atoms with Gasteiger partial charge in [-0.3, -0.25) is 4.90 Å². The van der Waals surface area contributed by atoms with Crippen LogP contribution in [0, 0.1) is 6.92 Å². The largest absolute Gasteiger partial charge is 0.369 e. The molecule has 0 bridgehead atoms. The van der Waals surface area contributed by atoms with Crippen molar-refractivity contribution in [1.82, 2.24) is 20.0 Å². The van der Waals surface area contributed by atoms with Crippen molar-refractivity contribution in [3.05, 3.63) is 53.4 Å². The number of rotatable bonds is 7. The van der Waals surface area contributed by atoms with E-state index in [-0.39, 0.29) is 0 Å². The Morgan fingerprint density at radius 2 is 2.00 bits per heavy atom. The number of aromatic nitrogens is 3. The van der Waals surface area contributed by atoms with E-state index in [1.165, 1.54) is 5.69 Å². The first-order valence-corrected chi connectivity index (χ1v) is 10.3. The number of anilines is 2. The topological polar surface area (TPSA) is 70.3 Å². The molecule has 0 radical (unpaired) electrons. The standard InChI is InChI=1S/C21H25ClN6O/c1-16-25-21(29-26-16)19-7-3-8-23-20(19)24-9-4-10-27-11-13-28(14-12-27)18-6-2-5-17(22)15-18/h2-3,5-8,15H,4,9-14H2,1H3,(H,23,24). The number of nitrogens with zero attached hydrogens (tertiary/aromatic N) is 5. The Morgan fingerprint density at radius 3 is 2.76 bits per heavy atom. The molecule has 1 fully saturated rings. The predicted octanol–water partition coefficient (Wildman–Crippen LogP) is 3.72. The second kappa shape index (κ2) is 9.24. The number of benzene rings is 1. The Labute approximate surface area is 175 Å². The third-order valence-electron chi connectivity index (χ3n) is 5.05. The number of pyridine rings is 1. The summed E-state index contributed by atoms with van der Waals surface area (Å²) in [5, 5.41) is 8.07. The van der Waals surface area contributed by atoms with Gasteiger partial charge in [-0.05, 0) is 50.2 Å². The smallest absolute Gasteiger partial charge is 0.261 e. The van der Waals surface area contributed by atoms with Crippen LogP contribution in [-0.4, -0.2) is 59.3 Å². The summed E-state index contributed by atoms with van der Waals surface area (Å²) in [4.78, 5) is 13.6. The normalized spacial score (nSPS) is 14.9. The molecule has 0 spiro atoms. The first kappa shape index (κ1) is 19.7. The van der Waals surface area contributed by atoms with Crippen LogP contribution in [0.3, 0.4) is 0 Å². The number of nitrogens with one attached hydrogen (secondary N) is 1. The Bertz CT molecular complexity index is 938. The average Bonchev–Trinajstić information content (AvgIpc) is 3.18. The van der Waals surface area contributed by atoms with Gasteiger partial charge in [0.05, 0.1) is 5.56 Å². The van der Waals surface area contributed by atoms with Crippen molar-refractivity contribution < 1.29 is 4.52 Å². The first-order chi connectivity index (χ1) is 14.2. The zero-order valence-electron chi connectivity index (χ0n) is 16.5. The van der Waals surface area contributed by atoms with Crippen LogP contribution in [0.5, 0.6) is 0 Å². The Morgan fingerprint density at radius 1 is 1.14 bits per heavy atom. The van der Waals surface area contributed by atoms with E-state index in [9.17, 15) is 0 Å². The summed E-state index contributed by atoms with van der Waals surface area (Å²) in [6.45, 7) is 7.86. The lowest BCUT2D eigenvalue weighted by molar-refractivity contribution is 0.257. The monoisotopic (exact) mass is 412 g/mol. The summed E-state index contributed by atoms with van der Waals surface area (Å²) in [5.74, 6) is 1.89. The Kier molecular flexibility index (Phi) is 6.27. The second-order valence-electron chi connectivity index (χ2n) is 7.14. The van der Waals surface area contributed by atoms with E-state index in [0.717, 1.165) is 62.1 Å². The van der Waals surface area contributed by atoms with Gasteiger partial charge in [-0.25, -0.2) is 4.98 Å². The van der Waals surface area contributed by atoms with E-state index in [1.807, 2.05) is 37.3 Å². The van der Waals surface area contributed by atoms with Gasteiger partial charge in [0.1, 0.15) is 5.82 Å². The number of piperazine rings is 1. The van der Waals surface area contributed by atoms with E-state index >= 15 is 0 Å². The molecular formula is C21H25ClN6O. The number of hydrogen-bond donors (Lipinski definition) is 1. The molecule has 0 saturated carbocycles. The van der Waals surface area contributed by atoms with E-state index in [4.69, 9.17) is 16.1 Å². The SMILES string of the molecule is Cc1noc(-c2cccnc2NCCCN2CCN(c3cccc(Cl)c3)CC2)n1. The lowest BCUT2D eigenvalue weighted by Crippen LogP contribution is -2.46. The molecule has 3 aromatic rings. The fourth-order valence-electron chi connectivity index (χ4n) is 3.54. The fraction of sp³-hybridized carbons (Fsp3) is 0.381. The summed E-state index contributed by atoms with van der Waals surface area (Å²) in [5.41, 5.74) is 2.04. The zero-order valence-corrected chi connectivity index (χ0v) is 17.3. The van der Waals surface area contributed by atoms with Gasteiger partial charge in [-0.15, -0.1) is 0 Å². The highest BCUT2D eigenvalue weighted by atomic mass is 35.5. The van der Waals surface area contributed by atoms with Gasteiger partial charge in [0.25, 0.3) is 5.89 Å². The Balaban J connectivity index is 1.23. The lowest BCUT2D eigenvalue weighted by Gasteiger charge is -2.36. The number of aryl methyl sites for hydroxylation is 1. The van der Waals surface area contributed by atoms with Gasteiger partial charge in [-0.1, -0.05) is 22.8 Å². The van der Waals surface area contributed by atoms with Crippen molar-refractivity contribution in [2.75, 3.05) is 49.5 Å².